The van der Waals surface area contributed by atoms with Crippen LogP contribution in [0.1, 0.15) is 44.6 Å². The van der Waals surface area contributed by atoms with Gasteiger partial charge in [0.1, 0.15) is 28.7 Å². The van der Waals surface area contributed by atoms with Gasteiger partial charge in [-0.15, -0.1) is 0 Å². The van der Waals surface area contributed by atoms with Crippen LogP contribution in [0.4, 0.5) is 14.5 Å². The molecule has 1 fully saturated rings. The molecule has 0 aromatic heterocycles. The molecule has 0 radical (unpaired) electrons. The molecule has 1 saturated carbocycles. The maximum Gasteiger partial charge on any atom is 0.241 e. The molecular weight excluding hydrogens is 548 g/mol. The van der Waals surface area contributed by atoms with E-state index in [1.54, 1.807) is 19.1 Å². The number of anilines is 1. The lowest BCUT2D eigenvalue weighted by molar-refractivity contribution is -0.128. The number of carbonyl (C=O) groups is 1. The Morgan fingerprint density at radius 2 is 1.59 bits per heavy atom. The van der Waals surface area contributed by atoms with Crippen molar-refractivity contribution in [3.8, 4) is 11.5 Å². The van der Waals surface area contributed by atoms with Gasteiger partial charge < -0.3 is 15.0 Å². The number of hydrogen-bond donors (Lipinski definition) is 2. The largest absolute Gasteiger partial charge is 0.457 e. The molecule has 1 aliphatic carbocycles. The Bertz CT molecular complexity index is 1480. The highest BCUT2D eigenvalue weighted by Crippen LogP contribution is 2.35. The summed E-state index contributed by atoms with van der Waals surface area (Å²) >= 11 is 0. The highest BCUT2D eigenvalue weighted by Gasteiger charge is 2.44. The lowest BCUT2D eigenvalue weighted by Gasteiger charge is -2.39. The van der Waals surface area contributed by atoms with Crippen LogP contribution in [0.3, 0.4) is 0 Å². The average Bonchev–Trinajstić information content (AvgIpc) is 3.36. The number of nitrogens with zero attached hydrogens (tertiary/aromatic N) is 1. The zero-order valence-electron chi connectivity index (χ0n) is 23.0. The molecule has 5 rings (SSSR count). The first-order valence-electron chi connectivity index (χ1n) is 14.0. The Labute approximate surface area is 240 Å². The first-order valence-corrected chi connectivity index (χ1v) is 15.5. The van der Waals surface area contributed by atoms with Crippen LogP contribution in [0.2, 0.25) is 0 Å². The van der Waals surface area contributed by atoms with Crippen molar-refractivity contribution in [2.45, 2.75) is 55.9 Å². The molecule has 1 amide bonds. The smallest absolute Gasteiger partial charge is 0.241 e. The maximum absolute atomic E-state index is 13.7. The Hall–Kier alpha value is -3.50. The van der Waals surface area contributed by atoms with E-state index in [1.807, 2.05) is 0 Å². The van der Waals surface area contributed by atoms with Gasteiger partial charge in [0, 0.05) is 25.3 Å². The van der Waals surface area contributed by atoms with E-state index in [9.17, 15) is 22.0 Å². The van der Waals surface area contributed by atoms with Crippen molar-refractivity contribution >= 4 is 21.6 Å². The van der Waals surface area contributed by atoms with Gasteiger partial charge in [-0.05, 0) is 104 Å². The monoisotopic (exact) mass is 583 g/mol. The minimum Gasteiger partial charge on any atom is -0.457 e. The molecule has 0 unspecified atom stereocenters. The molecule has 0 spiro atoms. The molecule has 0 saturated heterocycles. The van der Waals surface area contributed by atoms with Crippen molar-refractivity contribution in [2.75, 3.05) is 24.5 Å². The zero-order chi connectivity index (χ0) is 29.0. The van der Waals surface area contributed by atoms with Crippen molar-refractivity contribution in [1.29, 1.82) is 0 Å². The highest BCUT2D eigenvalue weighted by molar-refractivity contribution is 7.89. The molecule has 1 heterocycles. The Kier molecular flexibility index (Phi) is 8.60. The van der Waals surface area contributed by atoms with Crippen molar-refractivity contribution in [1.82, 2.24) is 10.0 Å². The van der Waals surface area contributed by atoms with Crippen molar-refractivity contribution in [3.63, 3.8) is 0 Å². The first kappa shape index (κ1) is 29.0. The molecular formula is C31H35F2N3O4S. The Morgan fingerprint density at radius 1 is 0.951 bits per heavy atom. The zero-order valence-corrected chi connectivity index (χ0v) is 23.9. The lowest BCUT2D eigenvalue weighted by atomic mass is 9.75. The van der Waals surface area contributed by atoms with E-state index in [1.165, 1.54) is 54.6 Å². The van der Waals surface area contributed by atoms with Gasteiger partial charge in [-0.1, -0.05) is 19.3 Å². The predicted octanol–water partition coefficient (Wildman–Crippen LogP) is 5.55. The fourth-order valence-corrected chi connectivity index (χ4v) is 7.25. The van der Waals surface area contributed by atoms with E-state index in [-0.39, 0.29) is 28.4 Å². The molecule has 2 N–H and O–H groups in total. The number of nitrogens with one attached hydrogen (secondary N) is 2. The second kappa shape index (κ2) is 12.2. The number of sulfonamides is 1. The number of hydrogen-bond acceptors (Lipinski definition) is 5. The van der Waals surface area contributed by atoms with E-state index in [4.69, 9.17) is 4.74 Å². The summed E-state index contributed by atoms with van der Waals surface area (Å²) in [4.78, 5) is 15.8. The summed E-state index contributed by atoms with van der Waals surface area (Å²) in [6.07, 6.45) is 5.18. The molecule has 1 aliphatic heterocycles. The molecule has 3 aromatic carbocycles. The van der Waals surface area contributed by atoms with Gasteiger partial charge in [0.25, 0.3) is 0 Å². The summed E-state index contributed by atoms with van der Waals surface area (Å²) in [5.41, 5.74) is 0.572. The summed E-state index contributed by atoms with van der Waals surface area (Å²) in [7, 11) is -4.05. The number of carbonyl (C=O) groups excluding carboxylic acids is 1. The third-order valence-electron chi connectivity index (χ3n) is 8.12. The van der Waals surface area contributed by atoms with Gasteiger partial charge in [0.15, 0.2) is 0 Å². The number of fused-ring (bicyclic) bond motifs is 1. The number of halogens is 2. The SMILES string of the molecule is C[C@@](NS(=O)(=O)c1ccc(Oc2ccc(F)cc2)cc1)(C(=O)NCCN1CCc2cc(F)ccc21)C1CCCCC1. The van der Waals surface area contributed by atoms with Gasteiger partial charge >= 0.3 is 0 Å². The van der Waals surface area contributed by atoms with Crippen LogP contribution in [0.25, 0.3) is 0 Å². The van der Waals surface area contributed by atoms with Crippen LogP contribution in [0, 0.1) is 17.6 Å². The van der Waals surface area contributed by atoms with Crippen molar-refractivity contribution in [2.24, 2.45) is 5.92 Å². The van der Waals surface area contributed by atoms with Gasteiger partial charge in [-0.3, -0.25) is 4.79 Å². The second-order valence-electron chi connectivity index (χ2n) is 10.9. The second-order valence-corrected chi connectivity index (χ2v) is 12.6. The third-order valence-corrected chi connectivity index (χ3v) is 9.71. The average molecular weight is 584 g/mol. The molecule has 2 aliphatic rings. The molecule has 1 atom stereocenters. The van der Waals surface area contributed by atoms with Crippen LogP contribution >= 0.6 is 0 Å². The molecule has 218 valence electrons. The highest BCUT2D eigenvalue weighted by atomic mass is 32.2. The van der Waals surface area contributed by atoms with Crippen LogP contribution in [0.15, 0.2) is 71.6 Å². The summed E-state index contributed by atoms with van der Waals surface area (Å²) in [5.74, 6) is -0.330. The van der Waals surface area contributed by atoms with E-state index < -0.39 is 15.6 Å². The van der Waals surface area contributed by atoms with E-state index in [2.05, 4.69) is 14.9 Å². The molecule has 7 nitrogen and oxygen atoms in total. The normalized spacial score (nSPS) is 17.1. The topological polar surface area (TPSA) is 87.7 Å². The number of rotatable bonds is 10. The third kappa shape index (κ3) is 6.70. The predicted molar refractivity (Wildman–Crippen MR) is 154 cm³/mol. The Morgan fingerprint density at radius 3 is 2.27 bits per heavy atom. The van der Waals surface area contributed by atoms with E-state index >= 15 is 0 Å². The number of ether oxygens (including phenoxy) is 1. The quantitative estimate of drug-likeness (QED) is 0.327. The van der Waals surface area contributed by atoms with Gasteiger partial charge in [-0.2, -0.15) is 4.72 Å². The lowest BCUT2D eigenvalue weighted by Crippen LogP contribution is -2.61. The maximum atomic E-state index is 13.7. The van der Waals surface area contributed by atoms with Crippen LogP contribution in [-0.4, -0.2) is 39.5 Å². The fraction of sp³-hybridized carbons (Fsp3) is 0.387. The van der Waals surface area contributed by atoms with Crippen molar-refractivity contribution in [3.05, 3.63) is 83.9 Å². The number of benzene rings is 3. The minimum absolute atomic E-state index is 0.0136. The minimum atomic E-state index is -4.05. The Balaban J connectivity index is 1.27. The summed E-state index contributed by atoms with van der Waals surface area (Å²) in [6, 6.07) is 16.2. The summed E-state index contributed by atoms with van der Waals surface area (Å²) < 4.78 is 62.3. The number of amides is 1. The van der Waals surface area contributed by atoms with E-state index in [0.29, 0.717) is 24.6 Å². The van der Waals surface area contributed by atoms with Crippen LogP contribution in [-0.2, 0) is 21.2 Å². The van der Waals surface area contributed by atoms with Crippen molar-refractivity contribution < 1.29 is 26.7 Å². The standard InChI is InChI=1S/C31H35F2N3O4S/c1-31(23-5-3-2-4-6-23,30(37)34-18-20-36-19-17-22-21-25(33)9-16-29(22)36)35-41(38,39)28-14-12-27(13-15-28)40-26-10-7-24(32)8-11-26/h7-16,21,23,35H,2-6,17-20H2,1H3,(H,34,37)/t31-/m0/s1. The molecule has 0 bridgehead atoms. The van der Waals surface area contributed by atoms with Crippen LogP contribution in [0.5, 0.6) is 11.5 Å². The van der Waals surface area contributed by atoms with E-state index in [0.717, 1.165) is 56.3 Å². The summed E-state index contributed by atoms with van der Waals surface area (Å²) in [5, 5.41) is 2.98. The van der Waals surface area contributed by atoms with Gasteiger partial charge in [0.05, 0.1) is 4.90 Å². The summed E-state index contributed by atoms with van der Waals surface area (Å²) in [6.45, 7) is 3.28. The molecule has 3 aromatic rings. The van der Waals surface area contributed by atoms with Crippen LogP contribution < -0.4 is 19.7 Å². The first-order chi connectivity index (χ1) is 19.6. The molecule has 41 heavy (non-hydrogen) atoms. The molecule has 10 heteroatoms. The van der Waals surface area contributed by atoms with Gasteiger partial charge in [-0.25, -0.2) is 17.2 Å². The van der Waals surface area contributed by atoms with Gasteiger partial charge in [0.2, 0.25) is 15.9 Å². The fourth-order valence-electron chi connectivity index (χ4n) is 5.82.